The fourth-order valence-electron chi connectivity index (χ4n) is 4.12. The van der Waals surface area contributed by atoms with Gasteiger partial charge in [0.2, 0.25) is 5.91 Å². The standard InChI is InChI=1S/C24H27ClN6O4S/c1-30(2)22(29-36(3,34)35)15-6-8-16(9-7-15)27-23(32)21-5-4-12-31(21)24(33)28-17-10-11-18-19(25)14-26-20(18)13-17/h6-11,13-14,21,26H,4-5,12H2,1-3H3,(H,27,32)(H,28,33)/t21-/m1/s1. The first kappa shape index (κ1) is 25.5. The van der Waals surface area contributed by atoms with Gasteiger partial charge in [-0.1, -0.05) is 11.6 Å². The van der Waals surface area contributed by atoms with E-state index in [1.807, 2.05) is 6.07 Å². The van der Waals surface area contributed by atoms with Gasteiger partial charge in [0.05, 0.1) is 11.3 Å². The number of rotatable bonds is 5. The SMILES string of the molecule is CN(C)C(=NS(C)(=O)=O)c1ccc(NC(=O)[C@H]2CCCN2C(=O)Nc2ccc3c(Cl)c[nH]c3c2)cc1. The van der Waals surface area contributed by atoms with Crippen molar-refractivity contribution in [1.29, 1.82) is 0 Å². The van der Waals surface area contributed by atoms with Gasteiger partial charge in [-0.05, 0) is 55.3 Å². The maximum atomic E-state index is 13.0. The molecule has 12 heteroatoms. The third-order valence-electron chi connectivity index (χ3n) is 5.79. The second-order valence-electron chi connectivity index (χ2n) is 8.79. The largest absolute Gasteiger partial charge is 0.362 e. The number of hydrogen-bond acceptors (Lipinski definition) is 4. The van der Waals surface area contributed by atoms with Crippen molar-refractivity contribution in [1.82, 2.24) is 14.8 Å². The lowest BCUT2D eigenvalue weighted by Gasteiger charge is -2.24. The normalized spacial score (nSPS) is 16.3. The van der Waals surface area contributed by atoms with E-state index in [4.69, 9.17) is 11.6 Å². The summed E-state index contributed by atoms with van der Waals surface area (Å²) in [6.45, 7) is 0.466. The van der Waals surface area contributed by atoms with Gasteiger partial charge >= 0.3 is 6.03 Å². The monoisotopic (exact) mass is 530 g/mol. The number of aromatic amines is 1. The molecule has 36 heavy (non-hydrogen) atoms. The minimum absolute atomic E-state index is 0.286. The first-order chi connectivity index (χ1) is 17.0. The van der Waals surface area contributed by atoms with Crippen LogP contribution in [-0.4, -0.2) is 73.9 Å². The molecule has 2 heterocycles. The van der Waals surface area contributed by atoms with E-state index >= 15 is 0 Å². The van der Waals surface area contributed by atoms with E-state index in [0.29, 0.717) is 41.3 Å². The number of urea groups is 1. The maximum Gasteiger partial charge on any atom is 0.322 e. The molecule has 1 aliphatic heterocycles. The van der Waals surface area contributed by atoms with Crippen LogP contribution in [0.5, 0.6) is 0 Å². The number of nitrogens with one attached hydrogen (secondary N) is 3. The summed E-state index contributed by atoms with van der Waals surface area (Å²) in [5, 5.41) is 7.18. The van der Waals surface area contributed by atoms with Crippen LogP contribution in [0, 0.1) is 0 Å². The van der Waals surface area contributed by atoms with Crippen molar-refractivity contribution in [2.45, 2.75) is 18.9 Å². The van der Waals surface area contributed by atoms with E-state index in [1.165, 1.54) is 4.90 Å². The summed E-state index contributed by atoms with van der Waals surface area (Å²) >= 11 is 6.11. The third kappa shape index (κ3) is 5.80. The molecule has 1 fully saturated rings. The number of carbonyl (C=O) groups excluding carboxylic acids is 2. The van der Waals surface area contributed by atoms with Crippen LogP contribution in [0.1, 0.15) is 18.4 Å². The number of fused-ring (bicyclic) bond motifs is 1. The lowest BCUT2D eigenvalue weighted by atomic mass is 10.1. The highest BCUT2D eigenvalue weighted by Crippen LogP contribution is 2.26. The van der Waals surface area contributed by atoms with Gasteiger partial charge in [0, 0.05) is 54.7 Å². The number of halogens is 1. The Morgan fingerprint density at radius 3 is 2.47 bits per heavy atom. The summed E-state index contributed by atoms with van der Waals surface area (Å²) in [5.41, 5.74) is 2.52. The Morgan fingerprint density at radius 1 is 1.11 bits per heavy atom. The topological polar surface area (TPSA) is 127 Å². The Kier molecular flexibility index (Phi) is 7.23. The summed E-state index contributed by atoms with van der Waals surface area (Å²) in [5.74, 6) is -0.00605. The number of nitrogens with zero attached hydrogens (tertiary/aromatic N) is 3. The number of benzene rings is 2. The fraction of sp³-hybridized carbons (Fsp3) is 0.292. The van der Waals surface area contributed by atoms with Crippen molar-refractivity contribution in [2.75, 3.05) is 37.5 Å². The smallest absolute Gasteiger partial charge is 0.322 e. The Labute approximate surface area is 214 Å². The molecular formula is C24H27ClN6O4S. The molecule has 0 saturated carbocycles. The number of amidine groups is 1. The summed E-state index contributed by atoms with van der Waals surface area (Å²) in [6, 6.07) is 11.1. The molecule has 0 bridgehead atoms. The minimum Gasteiger partial charge on any atom is -0.362 e. The molecule has 2 aromatic carbocycles. The van der Waals surface area contributed by atoms with Crippen molar-refractivity contribution < 1.29 is 18.0 Å². The minimum atomic E-state index is -3.58. The molecule has 4 rings (SSSR count). The molecule has 1 aliphatic rings. The van der Waals surface area contributed by atoms with Crippen molar-refractivity contribution in [2.24, 2.45) is 4.40 Å². The Bertz CT molecular complexity index is 1430. The van der Waals surface area contributed by atoms with Gasteiger partial charge in [0.25, 0.3) is 10.0 Å². The summed E-state index contributed by atoms with van der Waals surface area (Å²) in [4.78, 5) is 32.1. The molecule has 3 amide bonds. The van der Waals surface area contributed by atoms with Crippen LogP contribution in [0.2, 0.25) is 5.02 Å². The molecule has 0 radical (unpaired) electrons. The molecule has 190 valence electrons. The van der Waals surface area contributed by atoms with E-state index in [9.17, 15) is 18.0 Å². The number of anilines is 2. The van der Waals surface area contributed by atoms with Gasteiger partial charge in [0.1, 0.15) is 11.9 Å². The second kappa shape index (κ2) is 10.2. The lowest BCUT2D eigenvalue weighted by Crippen LogP contribution is -2.45. The van der Waals surface area contributed by atoms with Crippen molar-refractivity contribution in [3.05, 3.63) is 59.2 Å². The van der Waals surface area contributed by atoms with E-state index in [-0.39, 0.29) is 17.8 Å². The molecule has 0 spiro atoms. The highest BCUT2D eigenvalue weighted by atomic mass is 35.5. The van der Waals surface area contributed by atoms with Crippen LogP contribution < -0.4 is 10.6 Å². The number of H-pyrrole nitrogens is 1. The zero-order valence-corrected chi connectivity index (χ0v) is 21.7. The van der Waals surface area contributed by atoms with Crippen LogP contribution in [-0.2, 0) is 14.8 Å². The molecule has 0 aliphatic carbocycles. The second-order valence-corrected chi connectivity index (χ2v) is 10.8. The first-order valence-corrected chi connectivity index (χ1v) is 13.5. The summed E-state index contributed by atoms with van der Waals surface area (Å²) in [7, 11) is -0.180. The van der Waals surface area contributed by atoms with Crippen molar-refractivity contribution >= 4 is 61.7 Å². The van der Waals surface area contributed by atoms with Crippen LogP contribution in [0.25, 0.3) is 10.9 Å². The molecule has 0 unspecified atom stereocenters. The fourth-order valence-corrected chi connectivity index (χ4v) is 4.93. The number of amides is 3. The van der Waals surface area contributed by atoms with Gasteiger partial charge in [0.15, 0.2) is 0 Å². The first-order valence-electron chi connectivity index (χ1n) is 11.2. The molecule has 1 saturated heterocycles. The predicted octanol–water partition coefficient (Wildman–Crippen LogP) is 3.72. The van der Waals surface area contributed by atoms with Crippen LogP contribution >= 0.6 is 11.6 Å². The van der Waals surface area contributed by atoms with Gasteiger partial charge in [-0.3, -0.25) is 4.79 Å². The zero-order chi connectivity index (χ0) is 26.0. The van der Waals surface area contributed by atoms with Gasteiger partial charge < -0.3 is 25.4 Å². The lowest BCUT2D eigenvalue weighted by molar-refractivity contribution is -0.119. The molecule has 1 atom stereocenters. The summed E-state index contributed by atoms with van der Waals surface area (Å²) < 4.78 is 27.0. The van der Waals surface area contributed by atoms with Gasteiger partial charge in [-0.2, -0.15) is 0 Å². The maximum absolute atomic E-state index is 13.0. The van der Waals surface area contributed by atoms with Crippen LogP contribution in [0.3, 0.4) is 0 Å². The molecule has 10 nitrogen and oxygen atoms in total. The van der Waals surface area contributed by atoms with E-state index in [1.54, 1.807) is 61.6 Å². The quantitative estimate of drug-likeness (QED) is 0.342. The number of likely N-dealkylation sites (tertiary alicyclic amines) is 1. The highest BCUT2D eigenvalue weighted by Gasteiger charge is 2.34. The molecule has 3 aromatic rings. The molecular weight excluding hydrogens is 504 g/mol. The highest BCUT2D eigenvalue weighted by molar-refractivity contribution is 7.89. The Hall–Kier alpha value is -3.57. The van der Waals surface area contributed by atoms with Crippen LogP contribution in [0.15, 0.2) is 53.1 Å². The Morgan fingerprint density at radius 2 is 1.81 bits per heavy atom. The number of aromatic nitrogens is 1. The Balaban J connectivity index is 1.43. The van der Waals surface area contributed by atoms with Gasteiger partial charge in [-0.25, -0.2) is 13.2 Å². The van der Waals surface area contributed by atoms with E-state index in [2.05, 4.69) is 20.0 Å². The predicted molar refractivity (Wildman–Crippen MR) is 142 cm³/mol. The van der Waals surface area contributed by atoms with Crippen molar-refractivity contribution in [3.8, 4) is 0 Å². The average Bonchev–Trinajstić information content (AvgIpc) is 3.45. The molecule has 1 aromatic heterocycles. The number of carbonyl (C=O) groups is 2. The number of sulfonamides is 1. The number of hydrogen-bond donors (Lipinski definition) is 3. The van der Waals surface area contributed by atoms with Crippen molar-refractivity contribution in [3.63, 3.8) is 0 Å². The van der Waals surface area contributed by atoms with Crippen LogP contribution in [0.4, 0.5) is 16.2 Å². The third-order valence-corrected chi connectivity index (χ3v) is 6.60. The summed E-state index contributed by atoms with van der Waals surface area (Å²) in [6.07, 6.45) is 3.98. The zero-order valence-electron chi connectivity index (χ0n) is 20.1. The van der Waals surface area contributed by atoms with E-state index < -0.39 is 16.1 Å². The van der Waals surface area contributed by atoms with Gasteiger partial charge in [-0.15, -0.1) is 4.40 Å². The van der Waals surface area contributed by atoms with E-state index in [0.717, 1.165) is 17.2 Å². The average molecular weight is 531 g/mol. The molecule has 3 N–H and O–H groups in total.